The lowest BCUT2D eigenvalue weighted by Crippen LogP contribution is -2.50. The summed E-state index contributed by atoms with van der Waals surface area (Å²) in [6.07, 6.45) is 0. The van der Waals surface area contributed by atoms with Crippen LogP contribution in [-0.4, -0.2) is 47.8 Å². The minimum Gasteiger partial charge on any atom is -0.335 e. The van der Waals surface area contributed by atoms with Crippen LogP contribution in [0.25, 0.3) is 0 Å². The summed E-state index contributed by atoms with van der Waals surface area (Å²) in [6.45, 7) is 1.47. The van der Waals surface area contributed by atoms with Crippen molar-refractivity contribution in [2.45, 2.75) is 0 Å². The summed E-state index contributed by atoms with van der Waals surface area (Å²) in [5.41, 5.74) is 0.719. The molecule has 1 aliphatic heterocycles. The minimum absolute atomic E-state index is 0.101. The molecule has 0 bridgehead atoms. The van der Waals surface area contributed by atoms with Gasteiger partial charge in [-0.25, -0.2) is 8.78 Å². The Morgan fingerprint density at radius 1 is 0.800 bits per heavy atom. The van der Waals surface area contributed by atoms with Crippen LogP contribution >= 0.6 is 11.6 Å². The van der Waals surface area contributed by atoms with Gasteiger partial charge in [-0.1, -0.05) is 11.6 Å². The third kappa shape index (κ3) is 3.79. The first kappa shape index (κ1) is 17.4. The molecule has 1 fully saturated rings. The molecule has 0 atom stereocenters. The average Bonchev–Trinajstić information content (AvgIpc) is 2.63. The van der Waals surface area contributed by atoms with E-state index in [1.807, 2.05) is 0 Å². The number of hydrogen-bond acceptors (Lipinski definition) is 2. The maximum atomic E-state index is 13.2. The van der Waals surface area contributed by atoms with Crippen LogP contribution in [0.2, 0.25) is 5.02 Å². The van der Waals surface area contributed by atoms with E-state index < -0.39 is 11.6 Å². The second-order valence-electron chi connectivity index (χ2n) is 5.72. The Morgan fingerprint density at radius 2 is 1.28 bits per heavy atom. The summed E-state index contributed by atoms with van der Waals surface area (Å²) >= 11 is 5.72. The number of carbonyl (C=O) groups is 2. The molecule has 1 saturated heterocycles. The summed E-state index contributed by atoms with van der Waals surface area (Å²) in [7, 11) is 0. The first-order valence-electron chi connectivity index (χ1n) is 7.75. The molecule has 2 aromatic carbocycles. The highest BCUT2D eigenvalue weighted by Crippen LogP contribution is 2.18. The molecular formula is C18H15ClF2N2O2. The second-order valence-corrected chi connectivity index (χ2v) is 6.13. The van der Waals surface area contributed by atoms with Crippen LogP contribution in [-0.2, 0) is 0 Å². The van der Waals surface area contributed by atoms with Crippen molar-refractivity contribution in [1.82, 2.24) is 9.80 Å². The summed E-state index contributed by atoms with van der Waals surface area (Å²) in [6, 6.07) is 9.21. The van der Waals surface area contributed by atoms with E-state index in [2.05, 4.69) is 0 Å². The zero-order chi connectivity index (χ0) is 18.0. The summed E-state index contributed by atoms with van der Waals surface area (Å²) in [4.78, 5) is 28.0. The van der Waals surface area contributed by atoms with Gasteiger partial charge in [0.25, 0.3) is 11.8 Å². The molecular weight excluding hydrogens is 350 g/mol. The lowest BCUT2D eigenvalue weighted by atomic mass is 10.1. The molecule has 0 N–H and O–H groups in total. The highest BCUT2D eigenvalue weighted by atomic mass is 35.5. The van der Waals surface area contributed by atoms with Gasteiger partial charge in [0.15, 0.2) is 0 Å². The number of piperazine rings is 1. The number of hydrogen-bond donors (Lipinski definition) is 0. The van der Waals surface area contributed by atoms with Gasteiger partial charge >= 0.3 is 0 Å². The molecule has 4 nitrogen and oxygen atoms in total. The topological polar surface area (TPSA) is 40.6 Å². The Bertz CT molecular complexity index is 803. The van der Waals surface area contributed by atoms with Gasteiger partial charge in [0.05, 0.1) is 5.02 Å². The molecule has 3 rings (SSSR count). The van der Waals surface area contributed by atoms with Crippen LogP contribution in [0.4, 0.5) is 8.78 Å². The fraction of sp³-hybridized carbons (Fsp3) is 0.222. The van der Waals surface area contributed by atoms with Crippen LogP contribution in [0.1, 0.15) is 20.7 Å². The normalized spacial score (nSPS) is 14.5. The van der Waals surface area contributed by atoms with Crippen LogP contribution in [0.15, 0.2) is 42.5 Å². The van der Waals surface area contributed by atoms with E-state index in [1.165, 1.54) is 36.4 Å². The molecule has 1 heterocycles. The van der Waals surface area contributed by atoms with Crippen LogP contribution in [0.5, 0.6) is 0 Å². The maximum absolute atomic E-state index is 13.2. The van der Waals surface area contributed by atoms with Crippen LogP contribution in [0.3, 0.4) is 0 Å². The predicted octanol–water partition coefficient (Wildman–Crippen LogP) is 3.22. The van der Waals surface area contributed by atoms with Gasteiger partial charge in [0.1, 0.15) is 11.6 Å². The third-order valence-corrected chi connectivity index (χ3v) is 4.40. The van der Waals surface area contributed by atoms with Crippen LogP contribution in [0, 0.1) is 11.6 Å². The van der Waals surface area contributed by atoms with Crippen LogP contribution < -0.4 is 0 Å². The predicted molar refractivity (Wildman–Crippen MR) is 89.6 cm³/mol. The first-order valence-corrected chi connectivity index (χ1v) is 8.12. The number of carbonyl (C=O) groups excluding carboxylic acids is 2. The molecule has 2 aromatic rings. The lowest BCUT2D eigenvalue weighted by Gasteiger charge is -2.35. The number of nitrogens with zero attached hydrogens (tertiary/aromatic N) is 2. The van der Waals surface area contributed by atoms with Crippen molar-refractivity contribution < 1.29 is 18.4 Å². The molecule has 7 heteroatoms. The molecule has 2 amide bonds. The SMILES string of the molecule is O=C(c1ccc(F)cc1)N1CCN(C(=O)c2ccc(F)c(Cl)c2)CC1. The fourth-order valence-corrected chi connectivity index (χ4v) is 2.88. The largest absolute Gasteiger partial charge is 0.335 e. The molecule has 130 valence electrons. The van der Waals surface area contributed by atoms with E-state index >= 15 is 0 Å². The molecule has 0 saturated carbocycles. The van der Waals surface area contributed by atoms with E-state index in [-0.39, 0.29) is 16.8 Å². The summed E-state index contributed by atoms with van der Waals surface area (Å²) < 4.78 is 26.2. The number of benzene rings is 2. The monoisotopic (exact) mass is 364 g/mol. The number of amides is 2. The first-order chi connectivity index (χ1) is 12.0. The van der Waals surface area contributed by atoms with Crippen molar-refractivity contribution in [3.8, 4) is 0 Å². The van der Waals surface area contributed by atoms with E-state index in [0.717, 1.165) is 6.07 Å². The van der Waals surface area contributed by atoms with E-state index in [4.69, 9.17) is 11.6 Å². The van der Waals surface area contributed by atoms with Gasteiger partial charge < -0.3 is 9.80 Å². The molecule has 0 radical (unpaired) electrons. The Morgan fingerprint density at radius 3 is 1.80 bits per heavy atom. The van der Waals surface area contributed by atoms with Gasteiger partial charge in [0, 0.05) is 37.3 Å². The summed E-state index contributed by atoms with van der Waals surface area (Å²) in [5, 5.41) is -0.101. The second kappa shape index (κ2) is 7.19. The van der Waals surface area contributed by atoms with Crippen molar-refractivity contribution in [1.29, 1.82) is 0 Å². The molecule has 0 unspecified atom stereocenters. The molecule has 1 aliphatic rings. The van der Waals surface area contributed by atoms with Gasteiger partial charge in [-0.15, -0.1) is 0 Å². The summed E-state index contributed by atoms with van der Waals surface area (Å²) in [5.74, 6) is -1.43. The van der Waals surface area contributed by atoms with Gasteiger partial charge in [-0.3, -0.25) is 9.59 Å². The van der Waals surface area contributed by atoms with Crippen molar-refractivity contribution in [2.75, 3.05) is 26.2 Å². The quantitative estimate of drug-likeness (QED) is 0.821. The molecule has 0 spiro atoms. The lowest BCUT2D eigenvalue weighted by molar-refractivity contribution is 0.0535. The average molecular weight is 365 g/mol. The molecule has 25 heavy (non-hydrogen) atoms. The van der Waals surface area contributed by atoms with Gasteiger partial charge in [-0.2, -0.15) is 0 Å². The maximum Gasteiger partial charge on any atom is 0.254 e. The van der Waals surface area contributed by atoms with Crippen molar-refractivity contribution in [2.24, 2.45) is 0 Å². The van der Waals surface area contributed by atoms with Crippen molar-refractivity contribution >= 4 is 23.4 Å². The van der Waals surface area contributed by atoms with E-state index in [9.17, 15) is 18.4 Å². The number of rotatable bonds is 2. The van der Waals surface area contributed by atoms with E-state index in [0.29, 0.717) is 37.3 Å². The van der Waals surface area contributed by atoms with Gasteiger partial charge in [-0.05, 0) is 42.5 Å². The standard InChI is InChI=1S/C18H15ClF2N2O2/c19-15-11-13(3-6-16(15)21)18(25)23-9-7-22(8-10-23)17(24)12-1-4-14(20)5-2-12/h1-6,11H,7-10H2. The van der Waals surface area contributed by atoms with E-state index in [1.54, 1.807) is 9.80 Å². The molecule has 0 aromatic heterocycles. The molecule has 0 aliphatic carbocycles. The fourth-order valence-electron chi connectivity index (χ4n) is 2.70. The zero-order valence-corrected chi connectivity index (χ0v) is 14.0. The minimum atomic E-state index is -0.576. The number of halogens is 3. The van der Waals surface area contributed by atoms with Gasteiger partial charge in [0.2, 0.25) is 0 Å². The Balaban J connectivity index is 1.63. The Hall–Kier alpha value is -2.47. The Kier molecular flexibility index (Phi) is 4.99. The van der Waals surface area contributed by atoms with Crippen molar-refractivity contribution in [3.05, 3.63) is 70.2 Å². The zero-order valence-electron chi connectivity index (χ0n) is 13.2. The third-order valence-electron chi connectivity index (χ3n) is 4.11. The smallest absolute Gasteiger partial charge is 0.254 e. The Labute approximate surface area is 148 Å². The highest BCUT2D eigenvalue weighted by Gasteiger charge is 2.25. The van der Waals surface area contributed by atoms with Crippen molar-refractivity contribution in [3.63, 3.8) is 0 Å². The highest BCUT2D eigenvalue weighted by molar-refractivity contribution is 6.31.